The van der Waals surface area contributed by atoms with Crippen molar-refractivity contribution < 1.29 is 19.4 Å². The predicted octanol–water partition coefficient (Wildman–Crippen LogP) is 1.10. The third-order valence-electron chi connectivity index (χ3n) is 3.44. The van der Waals surface area contributed by atoms with E-state index in [4.69, 9.17) is 9.84 Å². The zero-order chi connectivity index (χ0) is 14.0. The van der Waals surface area contributed by atoms with E-state index >= 15 is 0 Å². The maximum absolute atomic E-state index is 12.0. The number of rotatable bonds is 4. The highest BCUT2D eigenvalue weighted by Gasteiger charge is 2.22. The summed E-state index contributed by atoms with van der Waals surface area (Å²) in [7, 11) is 1.51. The van der Waals surface area contributed by atoms with E-state index in [-0.39, 0.29) is 12.3 Å². The van der Waals surface area contributed by atoms with Crippen LogP contribution in [0.1, 0.15) is 18.1 Å². The monoisotopic (exact) mass is 263 g/mol. The van der Waals surface area contributed by atoms with Crippen LogP contribution in [0, 0.1) is 0 Å². The molecule has 2 rings (SSSR count). The third kappa shape index (κ3) is 2.86. The van der Waals surface area contributed by atoms with Crippen molar-refractivity contribution in [2.45, 2.75) is 25.8 Å². The minimum absolute atomic E-state index is 0.200. The fraction of sp³-hybridized carbons (Fsp3) is 0.429. The number of hydrogen-bond acceptors (Lipinski definition) is 3. The standard InChI is InChI=1S/C14H17NO4/c1-9(14(17)18)15(2)13(16)8-10-3-4-12-11(7-10)5-6-19-12/h3-4,7,9H,5-6,8H2,1-2H3,(H,17,18). The second kappa shape index (κ2) is 5.30. The van der Waals surface area contributed by atoms with Gasteiger partial charge in [-0.15, -0.1) is 0 Å². The normalized spacial score (nSPS) is 14.4. The van der Waals surface area contributed by atoms with Gasteiger partial charge in [-0.05, 0) is 24.1 Å². The smallest absolute Gasteiger partial charge is 0.326 e. The first kappa shape index (κ1) is 13.4. The molecule has 1 aromatic rings. The minimum Gasteiger partial charge on any atom is -0.493 e. The molecular weight excluding hydrogens is 246 g/mol. The molecule has 1 atom stereocenters. The number of hydrogen-bond donors (Lipinski definition) is 1. The van der Waals surface area contributed by atoms with Gasteiger partial charge in [0.05, 0.1) is 13.0 Å². The Morgan fingerprint density at radius 2 is 2.21 bits per heavy atom. The Morgan fingerprint density at radius 3 is 2.89 bits per heavy atom. The lowest BCUT2D eigenvalue weighted by Crippen LogP contribution is -2.41. The van der Waals surface area contributed by atoms with Crippen LogP contribution >= 0.6 is 0 Å². The molecule has 0 bridgehead atoms. The van der Waals surface area contributed by atoms with Crippen LogP contribution in [0.15, 0.2) is 18.2 Å². The average Bonchev–Trinajstić information content (AvgIpc) is 2.84. The molecule has 1 N–H and O–H groups in total. The van der Waals surface area contributed by atoms with Gasteiger partial charge in [0, 0.05) is 13.5 Å². The van der Waals surface area contributed by atoms with Crippen LogP contribution in [0.4, 0.5) is 0 Å². The van der Waals surface area contributed by atoms with Crippen molar-refractivity contribution in [1.29, 1.82) is 0 Å². The molecule has 1 unspecified atom stereocenters. The summed E-state index contributed by atoms with van der Waals surface area (Å²) in [5.41, 5.74) is 2.00. The van der Waals surface area contributed by atoms with Gasteiger partial charge < -0.3 is 14.7 Å². The van der Waals surface area contributed by atoms with Crippen molar-refractivity contribution >= 4 is 11.9 Å². The molecule has 0 saturated carbocycles. The average molecular weight is 263 g/mol. The Balaban J connectivity index is 2.05. The second-order valence-electron chi connectivity index (χ2n) is 4.74. The van der Waals surface area contributed by atoms with Crippen molar-refractivity contribution in [2.24, 2.45) is 0 Å². The summed E-state index contributed by atoms with van der Waals surface area (Å²) < 4.78 is 5.40. The summed E-state index contributed by atoms with van der Waals surface area (Å²) in [6, 6.07) is 4.86. The van der Waals surface area contributed by atoms with Crippen LogP contribution in [0.25, 0.3) is 0 Å². The topological polar surface area (TPSA) is 66.8 Å². The molecule has 1 aromatic carbocycles. The predicted molar refractivity (Wildman–Crippen MR) is 69.2 cm³/mol. The van der Waals surface area contributed by atoms with E-state index in [2.05, 4.69) is 0 Å². The van der Waals surface area contributed by atoms with Crippen molar-refractivity contribution in [1.82, 2.24) is 4.90 Å². The summed E-state index contributed by atoms with van der Waals surface area (Å²) >= 11 is 0. The van der Waals surface area contributed by atoms with Gasteiger partial charge in [0.2, 0.25) is 5.91 Å². The molecule has 0 radical (unpaired) electrons. The van der Waals surface area contributed by atoms with Gasteiger partial charge in [0.25, 0.3) is 0 Å². The van der Waals surface area contributed by atoms with Crippen molar-refractivity contribution in [3.8, 4) is 5.75 Å². The summed E-state index contributed by atoms with van der Waals surface area (Å²) in [6.07, 6.45) is 1.07. The van der Waals surface area contributed by atoms with Crippen molar-refractivity contribution in [2.75, 3.05) is 13.7 Å². The number of amides is 1. The van der Waals surface area contributed by atoms with E-state index in [0.29, 0.717) is 6.61 Å². The first-order valence-corrected chi connectivity index (χ1v) is 6.22. The van der Waals surface area contributed by atoms with E-state index in [0.717, 1.165) is 23.3 Å². The summed E-state index contributed by atoms with van der Waals surface area (Å²) in [4.78, 5) is 24.1. The Bertz CT molecular complexity index is 512. The molecule has 0 spiro atoms. The molecule has 1 heterocycles. The Labute approximate surface area is 111 Å². The maximum Gasteiger partial charge on any atom is 0.326 e. The van der Waals surface area contributed by atoms with E-state index < -0.39 is 12.0 Å². The first-order valence-electron chi connectivity index (χ1n) is 6.22. The second-order valence-corrected chi connectivity index (χ2v) is 4.74. The largest absolute Gasteiger partial charge is 0.493 e. The van der Waals surface area contributed by atoms with Crippen molar-refractivity contribution in [3.05, 3.63) is 29.3 Å². The van der Waals surface area contributed by atoms with Crippen LogP contribution in [-0.2, 0) is 22.4 Å². The molecule has 102 valence electrons. The Kier molecular flexibility index (Phi) is 3.74. The quantitative estimate of drug-likeness (QED) is 0.883. The Morgan fingerprint density at radius 1 is 1.47 bits per heavy atom. The molecule has 5 nitrogen and oxygen atoms in total. The van der Waals surface area contributed by atoms with Crippen molar-refractivity contribution in [3.63, 3.8) is 0 Å². The van der Waals surface area contributed by atoms with Crippen LogP contribution in [0.3, 0.4) is 0 Å². The molecule has 1 amide bonds. The van der Waals surface area contributed by atoms with E-state index in [1.54, 1.807) is 0 Å². The number of nitrogens with zero attached hydrogens (tertiary/aromatic N) is 1. The highest BCUT2D eigenvalue weighted by Crippen LogP contribution is 2.26. The molecule has 0 aliphatic carbocycles. The molecule has 1 aliphatic rings. The van der Waals surface area contributed by atoms with Gasteiger partial charge in [0.15, 0.2) is 0 Å². The van der Waals surface area contributed by atoms with Gasteiger partial charge in [-0.2, -0.15) is 0 Å². The lowest BCUT2D eigenvalue weighted by Gasteiger charge is -2.21. The van der Waals surface area contributed by atoms with Crippen LogP contribution in [0.5, 0.6) is 5.75 Å². The SMILES string of the molecule is CC(C(=O)O)N(C)C(=O)Cc1ccc2c(c1)CCO2. The molecule has 0 aromatic heterocycles. The van der Waals surface area contributed by atoms with E-state index in [1.165, 1.54) is 18.9 Å². The number of fused-ring (bicyclic) bond motifs is 1. The summed E-state index contributed by atoms with van der Waals surface area (Å²) in [5, 5.41) is 8.88. The molecule has 5 heteroatoms. The summed E-state index contributed by atoms with van der Waals surface area (Å²) in [6.45, 7) is 2.18. The van der Waals surface area contributed by atoms with Crippen LogP contribution < -0.4 is 4.74 Å². The highest BCUT2D eigenvalue weighted by molar-refractivity contribution is 5.84. The van der Waals surface area contributed by atoms with Crippen LogP contribution in [0.2, 0.25) is 0 Å². The van der Waals surface area contributed by atoms with Crippen LogP contribution in [-0.4, -0.2) is 41.6 Å². The van der Waals surface area contributed by atoms with E-state index in [1.807, 2.05) is 18.2 Å². The number of likely N-dealkylation sites (N-methyl/N-ethyl adjacent to an activating group) is 1. The van der Waals surface area contributed by atoms with Gasteiger partial charge in [-0.3, -0.25) is 4.79 Å². The number of ether oxygens (including phenoxy) is 1. The minimum atomic E-state index is -1.00. The van der Waals surface area contributed by atoms with E-state index in [9.17, 15) is 9.59 Å². The van der Waals surface area contributed by atoms with Gasteiger partial charge in [0.1, 0.15) is 11.8 Å². The number of carbonyl (C=O) groups is 2. The fourth-order valence-electron chi connectivity index (χ4n) is 2.03. The van der Waals surface area contributed by atoms with Gasteiger partial charge >= 0.3 is 5.97 Å². The number of carboxylic acids is 1. The highest BCUT2D eigenvalue weighted by atomic mass is 16.5. The number of carbonyl (C=O) groups excluding carboxylic acids is 1. The lowest BCUT2D eigenvalue weighted by molar-refractivity contribution is -0.147. The first-order chi connectivity index (χ1) is 8.99. The number of benzene rings is 1. The van der Waals surface area contributed by atoms with Gasteiger partial charge in [-0.1, -0.05) is 12.1 Å². The number of aliphatic carboxylic acids is 1. The zero-order valence-electron chi connectivity index (χ0n) is 11.0. The fourth-order valence-corrected chi connectivity index (χ4v) is 2.03. The molecule has 0 saturated heterocycles. The molecule has 19 heavy (non-hydrogen) atoms. The Hall–Kier alpha value is -2.04. The third-order valence-corrected chi connectivity index (χ3v) is 3.44. The zero-order valence-corrected chi connectivity index (χ0v) is 11.0. The summed E-state index contributed by atoms with van der Waals surface area (Å²) in [5.74, 6) is -0.324. The molecule has 1 aliphatic heterocycles. The maximum atomic E-state index is 12.0. The molecular formula is C14H17NO4. The molecule has 0 fully saturated rings. The number of carboxylic acid groups (broad SMARTS) is 1. The van der Waals surface area contributed by atoms with Gasteiger partial charge in [-0.25, -0.2) is 4.79 Å². The lowest BCUT2D eigenvalue weighted by atomic mass is 10.1.